The zero-order chi connectivity index (χ0) is 14.7. The fraction of sp³-hybridized carbons (Fsp3) is 0.588. The number of carbonyl (C=O) groups excluding carboxylic acids is 1. The van der Waals surface area contributed by atoms with E-state index in [4.69, 9.17) is 4.74 Å². The molecule has 1 fully saturated rings. The Morgan fingerprint density at radius 2 is 2.10 bits per heavy atom. The van der Waals surface area contributed by atoms with Crippen LogP contribution in [0, 0.1) is 0 Å². The number of methoxy groups -OCH3 is 1. The maximum Gasteiger partial charge on any atom is 0.319 e. The summed E-state index contributed by atoms with van der Waals surface area (Å²) < 4.78 is 4.88. The summed E-state index contributed by atoms with van der Waals surface area (Å²) in [6, 6.07) is 9.22. The minimum Gasteiger partial charge on any atom is -0.468 e. The molecule has 1 atom stereocenters. The smallest absolute Gasteiger partial charge is 0.319 e. The molecule has 3 nitrogen and oxygen atoms in total. The highest BCUT2D eigenvalue weighted by Crippen LogP contribution is 2.38. The number of rotatable bonds is 5. The molecule has 0 spiro atoms. The number of hydrogen-bond donors (Lipinski definition) is 0. The van der Waals surface area contributed by atoms with Crippen LogP contribution in [0.5, 0.6) is 0 Å². The van der Waals surface area contributed by atoms with E-state index in [0.29, 0.717) is 17.8 Å². The predicted molar refractivity (Wildman–Crippen MR) is 85.6 cm³/mol. The third kappa shape index (κ3) is 3.61. The van der Waals surface area contributed by atoms with E-state index in [1.54, 1.807) is 0 Å². The predicted octanol–water partition coefficient (Wildman–Crippen LogP) is 3.12. The van der Waals surface area contributed by atoms with E-state index in [9.17, 15) is 4.79 Å². The van der Waals surface area contributed by atoms with Crippen LogP contribution in [-0.2, 0) is 16.0 Å². The molecule has 1 aliphatic carbocycles. The Hall–Kier alpha value is -1.00. The maximum atomic E-state index is 11.7. The van der Waals surface area contributed by atoms with Gasteiger partial charge in [0.25, 0.3) is 0 Å². The van der Waals surface area contributed by atoms with Gasteiger partial charge in [0, 0.05) is 22.7 Å². The second kappa shape index (κ2) is 6.84. The number of fused-ring (bicyclic) bond motifs is 1. The topological polar surface area (TPSA) is 29.5 Å². The second-order valence-corrected chi connectivity index (χ2v) is 7.34. The standard InChI is InChI=1S/C17H23NO2S/c1-20-17(19)12-18(14-7-3-4-8-14)11-15-10-13-6-2-5-9-16(13)21-15/h2,5-6,9,14-15H,3-4,7-8,10-12H2,1H3. The zero-order valence-corrected chi connectivity index (χ0v) is 13.4. The molecule has 0 N–H and O–H groups in total. The van der Waals surface area contributed by atoms with Crippen LogP contribution in [0.2, 0.25) is 0 Å². The first-order valence-electron chi connectivity index (χ1n) is 7.81. The van der Waals surface area contributed by atoms with Gasteiger partial charge in [-0.25, -0.2) is 0 Å². The van der Waals surface area contributed by atoms with Gasteiger partial charge >= 0.3 is 5.97 Å². The van der Waals surface area contributed by atoms with Gasteiger partial charge < -0.3 is 4.74 Å². The van der Waals surface area contributed by atoms with Crippen molar-refractivity contribution in [3.63, 3.8) is 0 Å². The van der Waals surface area contributed by atoms with Crippen LogP contribution in [0.1, 0.15) is 31.2 Å². The number of nitrogens with zero attached hydrogens (tertiary/aromatic N) is 1. The van der Waals surface area contributed by atoms with Crippen LogP contribution in [0.15, 0.2) is 29.2 Å². The Morgan fingerprint density at radius 3 is 2.81 bits per heavy atom. The van der Waals surface area contributed by atoms with Crippen LogP contribution >= 0.6 is 11.8 Å². The third-order valence-corrected chi connectivity index (χ3v) is 5.85. The van der Waals surface area contributed by atoms with Gasteiger partial charge in [-0.3, -0.25) is 9.69 Å². The van der Waals surface area contributed by atoms with Gasteiger partial charge in [0.05, 0.1) is 13.7 Å². The average Bonchev–Trinajstić information content (AvgIpc) is 3.15. The highest BCUT2D eigenvalue weighted by atomic mass is 32.2. The summed E-state index contributed by atoms with van der Waals surface area (Å²) >= 11 is 1.96. The highest BCUT2D eigenvalue weighted by Gasteiger charge is 2.30. The van der Waals surface area contributed by atoms with Crippen LogP contribution in [-0.4, -0.2) is 42.4 Å². The first-order chi connectivity index (χ1) is 10.3. The molecule has 2 aliphatic rings. The summed E-state index contributed by atoms with van der Waals surface area (Å²) in [5.41, 5.74) is 1.46. The van der Waals surface area contributed by atoms with Crippen LogP contribution < -0.4 is 0 Å². The fourth-order valence-electron chi connectivity index (χ4n) is 3.46. The molecule has 1 aromatic rings. The number of carbonyl (C=O) groups is 1. The number of esters is 1. The normalized spacial score (nSPS) is 21.7. The summed E-state index contributed by atoms with van der Waals surface area (Å²) in [6.07, 6.45) is 6.15. The first kappa shape index (κ1) is 14.9. The van der Waals surface area contributed by atoms with Gasteiger partial charge in [0.2, 0.25) is 0 Å². The lowest BCUT2D eigenvalue weighted by atomic mass is 10.1. The molecular weight excluding hydrogens is 282 g/mol. The Morgan fingerprint density at radius 1 is 1.33 bits per heavy atom. The molecule has 1 heterocycles. The van der Waals surface area contributed by atoms with Crippen molar-refractivity contribution in [1.82, 2.24) is 4.90 Å². The molecule has 0 radical (unpaired) electrons. The lowest BCUT2D eigenvalue weighted by Crippen LogP contribution is -2.42. The van der Waals surface area contributed by atoms with E-state index in [0.717, 1.165) is 13.0 Å². The fourth-order valence-corrected chi connectivity index (χ4v) is 4.81. The Balaban J connectivity index is 1.63. The molecule has 0 aromatic heterocycles. The molecule has 1 aliphatic heterocycles. The van der Waals surface area contributed by atoms with Crippen molar-refractivity contribution >= 4 is 17.7 Å². The molecule has 21 heavy (non-hydrogen) atoms. The quantitative estimate of drug-likeness (QED) is 0.782. The maximum absolute atomic E-state index is 11.7. The summed E-state index contributed by atoms with van der Waals surface area (Å²) in [6.45, 7) is 1.42. The van der Waals surface area contributed by atoms with Gasteiger partial charge in [0.1, 0.15) is 0 Å². The zero-order valence-electron chi connectivity index (χ0n) is 12.6. The van der Waals surface area contributed by atoms with E-state index in [-0.39, 0.29) is 5.97 Å². The number of hydrogen-bond acceptors (Lipinski definition) is 4. The molecule has 0 amide bonds. The summed E-state index contributed by atoms with van der Waals surface area (Å²) in [7, 11) is 1.48. The third-order valence-electron chi connectivity index (χ3n) is 4.55. The minimum atomic E-state index is -0.109. The first-order valence-corrected chi connectivity index (χ1v) is 8.69. The van der Waals surface area contributed by atoms with Crippen molar-refractivity contribution in [2.24, 2.45) is 0 Å². The molecule has 0 saturated heterocycles. The number of benzene rings is 1. The summed E-state index contributed by atoms with van der Waals surface area (Å²) in [5.74, 6) is -0.109. The largest absolute Gasteiger partial charge is 0.468 e. The summed E-state index contributed by atoms with van der Waals surface area (Å²) in [4.78, 5) is 15.5. The molecule has 1 saturated carbocycles. The van der Waals surface area contributed by atoms with Crippen molar-refractivity contribution in [1.29, 1.82) is 0 Å². The minimum absolute atomic E-state index is 0.109. The highest BCUT2D eigenvalue weighted by molar-refractivity contribution is 8.00. The molecule has 1 unspecified atom stereocenters. The van der Waals surface area contributed by atoms with Gasteiger partial charge in [-0.1, -0.05) is 31.0 Å². The Bertz CT molecular complexity index is 474. The van der Waals surface area contributed by atoms with Crippen LogP contribution in [0.3, 0.4) is 0 Å². The summed E-state index contributed by atoms with van der Waals surface area (Å²) in [5, 5.41) is 0.563. The van der Waals surface area contributed by atoms with Crippen molar-refractivity contribution in [3.8, 4) is 0 Å². The van der Waals surface area contributed by atoms with Gasteiger partial charge in [-0.05, 0) is 30.9 Å². The van der Waals surface area contributed by atoms with E-state index in [1.807, 2.05) is 11.8 Å². The number of thioether (sulfide) groups is 1. The van der Waals surface area contributed by atoms with Crippen LogP contribution in [0.25, 0.3) is 0 Å². The molecule has 114 valence electrons. The Labute approximate surface area is 131 Å². The SMILES string of the molecule is COC(=O)CN(CC1Cc2ccccc2S1)C1CCCC1. The van der Waals surface area contributed by atoms with E-state index < -0.39 is 0 Å². The van der Waals surface area contributed by atoms with Crippen molar-refractivity contribution in [3.05, 3.63) is 29.8 Å². The van der Waals surface area contributed by atoms with E-state index in [1.165, 1.54) is 43.3 Å². The van der Waals surface area contributed by atoms with Gasteiger partial charge in [-0.15, -0.1) is 11.8 Å². The molecule has 4 heteroatoms. The Kier molecular flexibility index (Phi) is 4.86. The van der Waals surface area contributed by atoms with Crippen molar-refractivity contribution in [2.75, 3.05) is 20.2 Å². The van der Waals surface area contributed by atoms with Crippen molar-refractivity contribution in [2.45, 2.75) is 48.3 Å². The van der Waals surface area contributed by atoms with E-state index >= 15 is 0 Å². The molecule has 3 rings (SSSR count). The average molecular weight is 305 g/mol. The lowest BCUT2D eigenvalue weighted by Gasteiger charge is -2.29. The van der Waals surface area contributed by atoms with Gasteiger partial charge in [-0.2, -0.15) is 0 Å². The number of ether oxygens (including phenoxy) is 1. The lowest BCUT2D eigenvalue weighted by molar-refractivity contribution is -0.142. The molecule has 1 aromatic carbocycles. The van der Waals surface area contributed by atoms with Crippen LogP contribution in [0.4, 0.5) is 0 Å². The van der Waals surface area contributed by atoms with E-state index in [2.05, 4.69) is 29.2 Å². The molecular formula is C17H23NO2S. The molecule has 0 bridgehead atoms. The van der Waals surface area contributed by atoms with Crippen molar-refractivity contribution < 1.29 is 9.53 Å². The monoisotopic (exact) mass is 305 g/mol. The second-order valence-electron chi connectivity index (χ2n) is 6.00. The van der Waals surface area contributed by atoms with Gasteiger partial charge in [0.15, 0.2) is 0 Å².